The zero-order chi connectivity index (χ0) is 27.8. The Morgan fingerprint density at radius 3 is 1.21 bits per heavy atom. The van der Waals surface area contributed by atoms with E-state index < -0.39 is 0 Å². The van der Waals surface area contributed by atoms with Crippen LogP contribution < -0.4 is 0 Å². The highest BCUT2D eigenvalue weighted by Crippen LogP contribution is 2.13. The van der Waals surface area contributed by atoms with Crippen LogP contribution in [0.5, 0.6) is 0 Å². The zero-order valence-electron chi connectivity index (χ0n) is 25.4. The first-order valence-corrected chi connectivity index (χ1v) is 16.3. The van der Waals surface area contributed by atoms with Gasteiger partial charge in [0.05, 0.1) is 0 Å². The first-order valence-electron chi connectivity index (χ1n) is 16.3. The smallest absolute Gasteiger partial charge is 0.132 e. The van der Waals surface area contributed by atoms with E-state index in [0.29, 0.717) is 37.2 Å². The number of rotatable bonds is 29. The minimum absolute atomic E-state index is 0.313. The first kappa shape index (κ1) is 36.3. The minimum atomic E-state index is 0.313. The molecule has 0 radical (unpaired) electrons. The van der Waals surface area contributed by atoms with Crippen molar-refractivity contribution in [3.05, 3.63) is 48.6 Å². The molecule has 2 nitrogen and oxygen atoms in total. The highest BCUT2D eigenvalue weighted by Gasteiger charge is 2.05. The number of unbranched alkanes of at least 4 members (excludes halogenated alkanes) is 13. The third kappa shape index (κ3) is 30.5. The largest absolute Gasteiger partial charge is 0.300 e. The number of allylic oxidation sites excluding steroid dienone is 8. The minimum Gasteiger partial charge on any atom is -0.300 e. The summed E-state index contributed by atoms with van der Waals surface area (Å²) < 4.78 is 0. The second-order valence-corrected chi connectivity index (χ2v) is 10.8. The van der Waals surface area contributed by atoms with E-state index in [-0.39, 0.29) is 0 Å². The van der Waals surface area contributed by atoms with E-state index in [0.717, 1.165) is 44.9 Å². The number of carbonyl (C=O) groups is 2. The van der Waals surface area contributed by atoms with Crippen molar-refractivity contribution >= 4 is 11.6 Å². The summed E-state index contributed by atoms with van der Waals surface area (Å²) in [6.07, 6.45) is 44.0. The standard InChI is InChI=1S/C36H62O2/c1-3-5-7-9-11-13-15-16-17-18-19-20-21-23-25-27-29-32-36(38)34-30-33-35(37)31-28-26-24-22-14-12-10-8-6-4-2/h11,13,16-17,19-20,23,25H,3-10,12,14-15,18,21-22,24,26-34H2,1-2H3/b13-11-,17-16-,20-19-,25-23-. The third-order valence-electron chi connectivity index (χ3n) is 7.00. The van der Waals surface area contributed by atoms with Crippen molar-refractivity contribution in [3.8, 4) is 0 Å². The molecule has 0 aliphatic heterocycles. The van der Waals surface area contributed by atoms with Gasteiger partial charge in [-0.2, -0.15) is 0 Å². The van der Waals surface area contributed by atoms with Crippen molar-refractivity contribution in [2.75, 3.05) is 0 Å². The number of hydrogen-bond donors (Lipinski definition) is 0. The molecular weight excluding hydrogens is 464 g/mol. The van der Waals surface area contributed by atoms with Crippen LogP contribution in [0.2, 0.25) is 0 Å². The molecule has 0 atom stereocenters. The molecule has 0 bridgehead atoms. The van der Waals surface area contributed by atoms with Gasteiger partial charge in [-0.3, -0.25) is 9.59 Å². The Kier molecular flexibility index (Phi) is 30.1. The van der Waals surface area contributed by atoms with Crippen molar-refractivity contribution in [3.63, 3.8) is 0 Å². The van der Waals surface area contributed by atoms with Gasteiger partial charge in [0.2, 0.25) is 0 Å². The average molecular weight is 527 g/mol. The van der Waals surface area contributed by atoms with Crippen LogP contribution in [-0.2, 0) is 9.59 Å². The molecule has 0 fully saturated rings. The Hall–Kier alpha value is -1.70. The number of Topliss-reactive ketones (excluding diaryl/α,β-unsaturated/α-hetero) is 2. The van der Waals surface area contributed by atoms with Gasteiger partial charge in [0.25, 0.3) is 0 Å². The average Bonchev–Trinajstić information content (AvgIpc) is 2.91. The van der Waals surface area contributed by atoms with E-state index in [9.17, 15) is 9.59 Å². The van der Waals surface area contributed by atoms with Gasteiger partial charge in [0.15, 0.2) is 0 Å². The molecule has 0 spiro atoms. The van der Waals surface area contributed by atoms with Crippen LogP contribution in [0, 0.1) is 0 Å². The number of carbonyl (C=O) groups excluding carboxylic acids is 2. The number of ketones is 2. The molecule has 0 saturated heterocycles. The Morgan fingerprint density at radius 1 is 0.368 bits per heavy atom. The molecule has 0 aromatic rings. The second kappa shape index (κ2) is 31.5. The van der Waals surface area contributed by atoms with Gasteiger partial charge in [-0.15, -0.1) is 0 Å². The van der Waals surface area contributed by atoms with E-state index in [2.05, 4.69) is 62.5 Å². The first-order chi connectivity index (χ1) is 18.7. The molecule has 0 N–H and O–H groups in total. The Balaban J connectivity index is 3.49. The lowest BCUT2D eigenvalue weighted by atomic mass is 10.0. The fourth-order valence-corrected chi connectivity index (χ4v) is 4.52. The summed E-state index contributed by atoms with van der Waals surface area (Å²) in [5.74, 6) is 0.658. The van der Waals surface area contributed by atoms with E-state index in [1.807, 2.05) is 0 Å². The maximum atomic E-state index is 12.1. The van der Waals surface area contributed by atoms with E-state index in [4.69, 9.17) is 0 Å². The normalized spacial score (nSPS) is 12.2. The van der Waals surface area contributed by atoms with Crippen molar-refractivity contribution in [1.82, 2.24) is 0 Å². The van der Waals surface area contributed by atoms with Crippen molar-refractivity contribution < 1.29 is 9.59 Å². The third-order valence-corrected chi connectivity index (χ3v) is 7.00. The number of hydrogen-bond acceptors (Lipinski definition) is 2. The molecule has 0 rings (SSSR count). The fourth-order valence-electron chi connectivity index (χ4n) is 4.52. The lowest BCUT2D eigenvalue weighted by molar-refractivity contribution is -0.120. The van der Waals surface area contributed by atoms with Gasteiger partial charge in [0.1, 0.15) is 11.6 Å². The topological polar surface area (TPSA) is 34.1 Å². The highest BCUT2D eigenvalue weighted by molar-refractivity contribution is 5.81. The molecular formula is C36H62O2. The maximum absolute atomic E-state index is 12.1. The van der Waals surface area contributed by atoms with E-state index in [1.54, 1.807) is 0 Å². The predicted octanol–water partition coefficient (Wildman–Crippen LogP) is 11.8. The van der Waals surface area contributed by atoms with Crippen LogP contribution in [-0.4, -0.2) is 11.6 Å². The zero-order valence-corrected chi connectivity index (χ0v) is 25.4. The molecule has 2 heteroatoms. The van der Waals surface area contributed by atoms with Crippen molar-refractivity contribution in [2.45, 2.75) is 168 Å². The molecule has 0 aliphatic rings. The van der Waals surface area contributed by atoms with Gasteiger partial charge in [-0.25, -0.2) is 0 Å². The monoisotopic (exact) mass is 526 g/mol. The molecule has 0 aromatic carbocycles. The molecule has 0 aliphatic carbocycles. The quantitative estimate of drug-likeness (QED) is 0.0717. The van der Waals surface area contributed by atoms with Gasteiger partial charge >= 0.3 is 0 Å². The summed E-state index contributed by atoms with van der Waals surface area (Å²) in [4.78, 5) is 24.1. The van der Waals surface area contributed by atoms with Gasteiger partial charge in [-0.05, 0) is 57.8 Å². The summed E-state index contributed by atoms with van der Waals surface area (Å²) in [6.45, 7) is 4.50. The van der Waals surface area contributed by atoms with E-state index >= 15 is 0 Å². The van der Waals surface area contributed by atoms with Crippen LogP contribution in [0.3, 0.4) is 0 Å². The highest BCUT2D eigenvalue weighted by atomic mass is 16.1. The second-order valence-electron chi connectivity index (χ2n) is 10.8. The molecule has 38 heavy (non-hydrogen) atoms. The molecule has 0 aromatic heterocycles. The summed E-state index contributed by atoms with van der Waals surface area (Å²) in [5.41, 5.74) is 0. The summed E-state index contributed by atoms with van der Waals surface area (Å²) >= 11 is 0. The lowest BCUT2D eigenvalue weighted by Gasteiger charge is -2.03. The van der Waals surface area contributed by atoms with E-state index in [1.165, 1.54) is 83.5 Å². The summed E-state index contributed by atoms with van der Waals surface area (Å²) in [6, 6.07) is 0. The lowest BCUT2D eigenvalue weighted by Crippen LogP contribution is -2.02. The summed E-state index contributed by atoms with van der Waals surface area (Å²) in [7, 11) is 0. The molecule has 0 unspecified atom stereocenters. The van der Waals surface area contributed by atoms with Gasteiger partial charge in [-0.1, -0.05) is 133 Å². The van der Waals surface area contributed by atoms with Crippen LogP contribution in [0.25, 0.3) is 0 Å². The van der Waals surface area contributed by atoms with Gasteiger partial charge in [0, 0.05) is 25.7 Å². The Morgan fingerprint density at radius 2 is 0.711 bits per heavy atom. The molecule has 0 heterocycles. The van der Waals surface area contributed by atoms with Crippen molar-refractivity contribution in [1.29, 1.82) is 0 Å². The molecule has 218 valence electrons. The molecule has 0 amide bonds. The maximum Gasteiger partial charge on any atom is 0.132 e. The Labute approximate surface area is 237 Å². The van der Waals surface area contributed by atoms with Crippen LogP contribution in [0.1, 0.15) is 168 Å². The predicted molar refractivity (Wildman–Crippen MR) is 169 cm³/mol. The van der Waals surface area contributed by atoms with Crippen LogP contribution in [0.15, 0.2) is 48.6 Å². The fraction of sp³-hybridized carbons (Fsp3) is 0.722. The molecule has 0 saturated carbocycles. The van der Waals surface area contributed by atoms with Crippen molar-refractivity contribution in [2.24, 2.45) is 0 Å². The Bertz CT molecular complexity index is 638. The van der Waals surface area contributed by atoms with Gasteiger partial charge < -0.3 is 0 Å². The van der Waals surface area contributed by atoms with Crippen LogP contribution >= 0.6 is 0 Å². The SMILES string of the molecule is CCCCC/C=C\C/C=C\C/C=C\C/C=C\CCCC(=O)CCCC(=O)CCCCCCCCCCCC. The van der Waals surface area contributed by atoms with Crippen LogP contribution in [0.4, 0.5) is 0 Å². The summed E-state index contributed by atoms with van der Waals surface area (Å²) in [5, 5.41) is 0.